The topological polar surface area (TPSA) is 118 Å². The first kappa shape index (κ1) is 28.5. The summed E-state index contributed by atoms with van der Waals surface area (Å²) >= 11 is 13.7. The number of aliphatic hydroxyl groups is 1. The molecule has 1 saturated carbocycles. The number of thiazole rings is 1. The minimum Gasteiger partial charge on any atom is -0.383 e. The molecule has 2 aliphatic rings. The first-order valence-electron chi connectivity index (χ1n) is 11.4. The number of ether oxygens (including phenoxy) is 1. The third-order valence-corrected chi connectivity index (χ3v) is 10.0. The molecular formula is C22H24Cl2F3N3O5S2. The molecule has 1 amide bonds. The Labute approximate surface area is 225 Å². The highest BCUT2D eigenvalue weighted by atomic mass is 35.5. The van der Waals surface area contributed by atoms with Gasteiger partial charge >= 0.3 is 6.18 Å². The molecule has 1 aromatic carbocycles. The number of aromatic nitrogens is 1. The van der Waals surface area contributed by atoms with E-state index in [0.717, 1.165) is 36.7 Å². The van der Waals surface area contributed by atoms with Crippen LogP contribution in [0.25, 0.3) is 10.4 Å². The second-order valence-electron chi connectivity index (χ2n) is 9.32. The molecule has 1 atom stereocenters. The highest BCUT2D eigenvalue weighted by molar-refractivity contribution is 7.89. The van der Waals surface area contributed by atoms with E-state index in [1.807, 2.05) is 0 Å². The number of carbonyl (C=O) groups is 1. The minimum absolute atomic E-state index is 0.0127. The highest BCUT2D eigenvalue weighted by Crippen LogP contribution is 2.43. The van der Waals surface area contributed by atoms with Crippen LogP contribution in [0.15, 0.2) is 17.0 Å². The molecule has 4 rings (SSSR count). The second-order valence-corrected chi connectivity index (χ2v) is 12.8. The Hall–Kier alpha value is -1.48. The van der Waals surface area contributed by atoms with Gasteiger partial charge in [0.1, 0.15) is 16.5 Å². The third-order valence-electron chi connectivity index (χ3n) is 6.32. The van der Waals surface area contributed by atoms with Crippen LogP contribution in [0.1, 0.15) is 41.7 Å². The van der Waals surface area contributed by atoms with E-state index in [4.69, 9.17) is 27.9 Å². The summed E-state index contributed by atoms with van der Waals surface area (Å²) in [5.41, 5.74) is -0.227. The molecule has 37 heavy (non-hydrogen) atoms. The average molecular weight is 602 g/mol. The van der Waals surface area contributed by atoms with Gasteiger partial charge in [-0.15, -0.1) is 11.3 Å². The van der Waals surface area contributed by atoms with Crippen LogP contribution in [-0.4, -0.2) is 62.0 Å². The van der Waals surface area contributed by atoms with E-state index in [1.165, 1.54) is 6.07 Å². The van der Waals surface area contributed by atoms with Crippen LogP contribution in [0, 0.1) is 5.92 Å². The molecule has 2 aromatic rings. The maximum atomic E-state index is 12.9. The molecule has 0 bridgehead atoms. The van der Waals surface area contributed by atoms with Crippen molar-refractivity contribution in [2.75, 3.05) is 19.8 Å². The number of halogens is 5. The molecule has 3 N–H and O–H groups in total. The van der Waals surface area contributed by atoms with E-state index in [-0.39, 0.29) is 29.8 Å². The van der Waals surface area contributed by atoms with Crippen molar-refractivity contribution in [3.63, 3.8) is 0 Å². The predicted octanol–water partition coefficient (Wildman–Crippen LogP) is 4.18. The highest BCUT2D eigenvalue weighted by Gasteiger charge is 2.40. The number of rotatable bonds is 9. The number of benzene rings is 1. The van der Waals surface area contributed by atoms with E-state index < -0.39 is 43.7 Å². The summed E-state index contributed by atoms with van der Waals surface area (Å²) in [5.74, 6) is -0.134. The maximum Gasteiger partial charge on any atom is 0.404 e. The molecule has 1 aromatic heterocycles. The van der Waals surface area contributed by atoms with Gasteiger partial charge in [0.05, 0.1) is 40.4 Å². The lowest BCUT2D eigenvalue weighted by atomic mass is 9.82. The zero-order chi connectivity index (χ0) is 27.2. The van der Waals surface area contributed by atoms with Crippen molar-refractivity contribution in [2.24, 2.45) is 5.92 Å². The zero-order valence-corrected chi connectivity index (χ0v) is 22.6. The molecule has 0 unspecified atom stereocenters. The number of alkyl halides is 3. The van der Waals surface area contributed by atoms with Gasteiger partial charge in [0.15, 0.2) is 5.01 Å². The van der Waals surface area contributed by atoms with Crippen molar-refractivity contribution in [3.05, 3.63) is 32.9 Å². The van der Waals surface area contributed by atoms with Crippen LogP contribution in [0.4, 0.5) is 13.2 Å². The van der Waals surface area contributed by atoms with Gasteiger partial charge in [0, 0.05) is 5.56 Å². The summed E-state index contributed by atoms with van der Waals surface area (Å²) in [7, 11) is -4.64. The number of amides is 1. The fourth-order valence-corrected chi connectivity index (χ4v) is 7.00. The Balaban J connectivity index is 1.65. The smallest absolute Gasteiger partial charge is 0.383 e. The molecule has 1 aliphatic heterocycles. The molecule has 15 heteroatoms. The second kappa shape index (κ2) is 10.6. The van der Waals surface area contributed by atoms with Crippen LogP contribution >= 0.6 is 34.5 Å². The summed E-state index contributed by atoms with van der Waals surface area (Å²) in [5, 5.41) is 12.3. The lowest BCUT2D eigenvalue weighted by Gasteiger charge is -2.36. The van der Waals surface area contributed by atoms with Crippen molar-refractivity contribution in [1.82, 2.24) is 15.0 Å². The van der Waals surface area contributed by atoms with Crippen molar-refractivity contribution >= 4 is 50.5 Å². The monoisotopic (exact) mass is 601 g/mol. The maximum absolute atomic E-state index is 12.9. The number of carbonyl (C=O) groups excluding carboxylic acids is 1. The number of hydrogen-bond acceptors (Lipinski definition) is 7. The Kier molecular flexibility index (Phi) is 8.16. The summed E-state index contributed by atoms with van der Waals surface area (Å²) < 4.78 is 70.5. The third kappa shape index (κ3) is 6.23. The van der Waals surface area contributed by atoms with Gasteiger partial charge < -0.3 is 15.2 Å². The summed E-state index contributed by atoms with van der Waals surface area (Å²) in [6, 6.07) is 0.0796. The summed E-state index contributed by atoms with van der Waals surface area (Å²) in [6.07, 6.45) is -1.14. The zero-order valence-electron chi connectivity index (χ0n) is 19.5. The van der Waals surface area contributed by atoms with Gasteiger partial charge in [-0.05, 0) is 25.3 Å². The molecule has 0 spiro atoms. The fraction of sp³-hybridized carbons (Fsp3) is 0.545. The van der Waals surface area contributed by atoms with E-state index in [9.17, 15) is 31.5 Å². The lowest BCUT2D eigenvalue weighted by Crippen LogP contribution is -2.56. The van der Waals surface area contributed by atoms with Crippen LogP contribution in [0.5, 0.6) is 0 Å². The van der Waals surface area contributed by atoms with Gasteiger partial charge in [-0.2, -0.15) is 17.9 Å². The molecule has 2 heterocycles. The van der Waals surface area contributed by atoms with Crippen molar-refractivity contribution in [3.8, 4) is 10.4 Å². The van der Waals surface area contributed by atoms with E-state index in [1.54, 1.807) is 4.72 Å². The quantitative estimate of drug-likeness (QED) is 0.397. The van der Waals surface area contributed by atoms with Crippen LogP contribution in [-0.2, 0) is 21.2 Å². The lowest BCUT2D eigenvalue weighted by molar-refractivity contribution is -0.173. The Bertz CT molecular complexity index is 1300. The van der Waals surface area contributed by atoms with Crippen LogP contribution in [0.3, 0.4) is 0 Å². The summed E-state index contributed by atoms with van der Waals surface area (Å²) in [6.45, 7) is 0.891. The molecule has 2 fully saturated rings. The van der Waals surface area contributed by atoms with Crippen molar-refractivity contribution in [2.45, 2.75) is 55.3 Å². The first-order valence-corrected chi connectivity index (χ1v) is 14.4. The largest absolute Gasteiger partial charge is 0.404 e. The molecule has 204 valence electrons. The summed E-state index contributed by atoms with van der Waals surface area (Å²) in [4.78, 5) is 17.2. The van der Waals surface area contributed by atoms with Gasteiger partial charge in [-0.25, -0.2) is 13.4 Å². The van der Waals surface area contributed by atoms with E-state index in [0.29, 0.717) is 35.4 Å². The predicted molar refractivity (Wildman–Crippen MR) is 133 cm³/mol. The Morgan fingerprint density at radius 2 is 1.97 bits per heavy atom. The van der Waals surface area contributed by atoms with Crippen LogP contribution < -0.4 is 10.0 Å². The van der Waals surface area contributed by atoms with Crippen molar-refractivity contribution in [1.29, 1.82) is 0 Å². The standard InChI is InChI=1S/C22H24Cl2F3N3O5S2/c1-11(22(25,26)27)30-37(33,34)15-6-5-13(16(23)17(15)24)18-14(7-12-3-2-4-12)29-20(36-18)19(31)28-8-21(32)9-35-10-21/h5-6,11-12,30,32H,2-4,7-10H2,1H3,(H,28,31)/t11-/m0/s1. The normalized spacial score (nSPS) is 18.7. The van der Waals surface area contributed by atoms with E-state index >= 15 is 0 Å². The number of nitrogens with one attached hydrogen (secondary N) is 2. The minimum atomic E-state index is -4.79. The molecule has 8 nitrogen and oxygen atoms in total. The number of sulfonamides is 1. The molecule has 1 saturated heterocycles. The SMILES string of the molecule is C[C@H](NS(=O)(=O)c1ccc(-c2sc(C(=O)NCC3(O)COC3)nc2CC2CCC2)c(Cl)c1Cl)C(F)(F)F. The van der Waals surface area contributed by atoms with Gasteiger partial charge in [0.25, 0.3) is 5.91 Å². The van der Waals surface area contributed by atoms with E-state index in [2.05, 4.69) is 10.3 Å². The number of hydrogen-bond donors (Lipinski definition) is 3. The van der Waals surface area contributed by atoms with Gasteiger partial charge in [-0.3, -0.25) is 4.79 Å². The molecular weight excluding hydrogens is 578 g/mol. The molecule has 1 aliphatic carbocycles. The number of nitrogens with zero attached hydrogens (tertiary/aromatic N) is 1. The average Bonchev–Trinajstić information content (AvgIpc) is 3.17. The first-order chi connectivity index (χ1) is 17.2. The van der Waals surface area contributed by atoms with Crippen LogP contribution in [0.2, 0.25) is 10.0 Å². The van der Waals surface area contributed by atoms with Crippen molar-refractivity contribution < 1.29 is 36.2 Å². The van der Waals surface area contributed by atoms with Gasteiger partial charge in [0.2, 0.25) is 10.0 Å². The Morgan fingerprint density at radius 3 is 2.51 bits per heavy atom. The Morgan fingerprint density at radius 1 is 1.30 bits per heavy atom. The fourth-order valence-electron chi connectivity index (χ4n) is 3.81. The molecule has 0 radical (unpaired) electrons. The van der Waals surface area contributed by atoms with Gasteiger partial charge in [-0.1, -0.05) is 48.5 Å².